The van der Waals surface area contributed by atoms with E-state index in [1.54, 1.807) is 13.8 Å². The lowest BCUT2D eigenvalue weighted by atomic mass is 9.97. The maximum Gasteiger partial charge on any atom is 0.308 e. The zero-order chi connectivity index (χ0) is 29.6. The highest BCUT2D eigenvalue weighted by molar-refractivity contribution is 5.97. The van der Waals surface area contributed by atoms with E-state index in [9.17, 15) is 43.1 Å². The molecule has 4 amide bonds. The van der Waals surface area contributed by atoms with E-state index in [0.29, 0.717) is 6.42 Å². The fourth-order valence-electron chi connectivity index (χ4n) is 3.23. The van der Waals surface area contributed by atoms with Crippen molar-refractivity contribution >= 4 is 41.4 Å². The second-order valence-corrected chi connectivity index (χ2v) is 8.73. The molecule has 0 fully saturated rings. The van der Waals surface area contributed by atoms with Crippen molar-refractivity contribution in [1.82, 2.24) is 21.3 Å². The number of aliphatic hydroxyl groups excluding tert-OH is 1. The number of Topliss-reactive ketones (excluding diaryl/α,β-unsaturated/α-hetero) is 1. The Morgan fingerprint density at radius 3 is 1.87 bits per heavy atom. The van der Waals surface area contributed by atoms with Crippen LogP contribution >= 0.6 is 0 Å². The number of hydrogen-bond donors (Lipinski definition) is 6. The fourth-order valence-corrected chi connectivity index (χ4v) is 3.23. The molecule has 0 bridgehead atoms. The number of carbonyl (C=O) groups excluding carboxylic acids is 6. The van der Waals surface area contributed by atoms with Gasteiger partial charge in [0.05, 0.1) is 19.6 Å². The van der Waals surface area contributed by atoms with Gasteiger partial charge in [-0.2, -0.15) is 0 Å². The Hall–Kier alpha value is -3.62. The Labute approximate surface area is 219 Å². The van der Waals surface area contributed by atoms with E-state index in [2.05, 4.69) is 26.0 Å². The van der Waals surface area contributed by atoms with Crippen LogP contribution in [0.2, 0.25) is 0 Å². The molecular weight excluding hydrogens is 511 g/mol. The number of ketones is 1. The Kier molecular flexibility index (Phi) is 15.4. The number of carbonyl (C=O) groups is 7. The summed E-state index contributed by atoms with van der Waals surface area (Å²) in [7, 11) is 1.02. The summed E-state index contributed by atoms with van der Waals surface area (Å²) in [6, 6.07) is -5.92. The van der Waals surface area contributed by atoms with E-state index < -0.39 is 97.6 Å². The lowest BCUT2D eigenvalue weighted by Crippen LogP contribution is -2.60. The van der Waals surface area contributed by atoms with Crippen molar-refractivity contribution in [2.75, 3.05) is 13.8 Å². The number of nitrogens with one attached hydrogen (secondary N) is 4. The van der Waals surface area contributed by atoms with E-state index in [1.165, 1.54) is 6.92 Å². The molecule has 0 rings (SSSR count). The number of halogens is 1. The summed E-state index contributed by atoms with van der Waals surface area (Å²) in [4.78, 5) is 84.6. The molecule has 0 saturated carbocycles. The molecule has 0 aliphatic carbocycles. The van der Waals surface area contributed by atoms with Crippen LogP contribution in [-0.4, -0.2) is 95.6 Å². The molecule has 0 spiro atoms. The van der Waals surface area contributed by atoms with Gasteiger partial charge in [-0.3, -0.25) is 33.6 Å². The predicted molar refractivity (Wildman–Crippen MR) is 129 cm³/mol. The molecule has 0 heterocycles. The number of carboxylic acids is 1. The van der Waals surface area contributed by atoms with Crippen LogP contribution in [0.5, 0.6) is 0 Å². The van der Waals surface area contributed by atoms with Gasteiger partial charge in [-0.25, -0.2) is 4.39 Å². The Bertz CT molecular complexity index is 882. The van der Waals surface area contributed by atoms with Crippen LogP contribution in [0.3, 0.4) is 0 Å². The number of alkyl halides is 1. The van der Waals surface area contributed by atoms with Crippen molar-refractivity contribution in [2.24, 2.45) is 5.92 Å². The molecule has 0 aromatic rings. The first-order chi connectivity index (χ1) is 17.7. The zero-order valence-corrected chi connectivity index (χ0v) is 22.0. The number of methoxy groups -OCH3 is 1. The molecule has 0 radical (unpaired) electrons. The number of aliphatic hydroxyl groups is 1. The summed E-state index contributed by atoms with van der Waals surface area (Å²) in [5, 5.41) is 28.2. The molecule has 0 aromatic heterocycles. The second-order valence-electron chi connectivity index (χ2n) is 8.73. The van der Waals surface area contributed by atoms with Crippen LogP contribution in [0.15, 0.2) is 0 Å². The number of rotatable bonds is 17. The third kappa shape index (κ3) is 12.1. The van der Waals surface area contributed by atoms with Crippen LogP contribution < -0.4 is 21.3 Å². The molecule has 0 saturated heterocycles. The number of amides is 4. The number of hydrogen-bond acceptors (Lipinski definition) is 9. The quantitative estimate of drug-likeness (QED) is 0.114. The van der Waals surface area contributed by atoms with E-state index >= 15 is 0 Å². The average molecular weight is 549 g/mol. The summed E-state index contributed by atoms with van der Waals surface area (Å²) in [6.45, 7) is 4.27. The lowest BCUT2D eigenvalue weighted by molar-refractivity contribution is -0.144. The summed E-state index contributed by atoms with van der Waals surface area (Å²) >= 11 is 0. The van der Waals surface area contributed by atoms with Crippen LogP contribution in [0.4, 0.5) is 4.39 Å². The number of carboxylic acid groups (broad SMARTS) is 1. The molecule has 38 heavy (non-hydrogen) atoms. The summed E-state index contributed by atoms with van der Waals surface area (Å²) in [6.07, 6.45) is -2.74. The van der Waals surface area contributed by atoms with Gasteiger partial charge in [0.1, 0.15) is 30.8 Å². The summed E-state index contributed by atoms with van der Waals surface area (Å²) < 4.78 is 17.3. The SMILES string of the molecule is CC[C@H](C)[C@H](NC(C)=O)C(=O)N[C@@H](CCC(=O)O)C(=O)N[C@H](C(=O)N[C@@H](CC(=O)OC)C(=O)CF)[C@@H](C)O. The van der Waals surface area contributed by atoms with Crippen molar-refractivity contribution in [1.29, 1.82) is 0 Å². The second kappa shape index (κ2) is 17.0. The van der Waals surface area contributed by atoms with Gasteiger partial charge in [-0.05, 0) is 19.3 Å². The Morgan fingerprint density at radius 1 is 0.868 bits per heavy atom. The minimum Gasteiger partial charge on any atom is -0.481 e. The van der Waals surface area contributed by atoms with E-state index in [0.717, 1.165) is 14.0 Å². The standard InChI is InChI=1S/C23H37FN4O10/c1-6-11(2)19(25-13(4)30)22(36)26-14(7-8-17(32)33)21(35)28-20(12(3)29)23(37)27-15(16(31)10-24)9-18(34)38-5/h11-12,14-15,19-20,29H,6-10H2,1-5H3,(H,25,30)(H,26,36)(H,27,37)(H,28,35)(H,32,33)/t11-,12+,14-,15-,19-,20-/m0/s1. The first kappa shape index (κ1) is 34.4. The van der Waals surface area contributed by atoms with Gasteiger partial charge < -0.3 is 36.2 Å². The maximum absolute atomic E-state index is 13.0. The lowest BCUT2D eigenvalue weighted by Gasteiger charge is -2.28. The molecule has 15 heteroatoms. The van der Waals surface area contributed by atoms with E-state index in [1.807, 2.05) is 0 Å². The van der Waals surface area contributed by atoms with Crippen molar-refractivity contribution in [3.63, 3.8) is 0 Å². The topological polar surface area (TPSA) is 217 Å². The molecule has 0 unspecified atom stereocenters. The number of aliphatic carboxylic acids is 1. The van der Waals surface area contributed by atoms with E-state index in [4.69, 9.17) is 5.11 Å². The van der Waals surface area contributed by atoms with Crippen molar-refractivity contribution in [2.45, 2.75) is 83.6 Å². The van der Waals surface area contributed by atoms with Crippen molar-refractivity contribution in [3.05, 3.63) is 0 Å². The third-order valence-electron chi connectivity index (χ3n) is 5.63. The first-order valence-electron chi connectivity index (χ1n) is 11.9. The highest BCUT2D eigenvalue weighted by Crippen LogP contribution is 2.10. The van der Waals surface area contributed by atoms with Crippen LogP contribution in [0.1, 0.15) is 53.4 Å². The summed E-state index contributed by atoms with van der Waals surface area (Å²) in [5.74, 6) is -7.19. The maximum atomic E-state index is 13.0. The molecule has 6 atom stereocenters. The van der Waals surface area contributed by atoms with Crippen LogP contribution in [0, 0.1) is 5.92 Å². The monoisotopic (exact) mass is 548 g/mol. The van der Waals surface area contributed by atoms with Crippen molar-refractivity contribution in [3.8, 4) is 0 Å². The third-order valence-corrected chi connectivity index (χ3v) is 5.63. The normalized spacial score (nSPS) is 15.4. The highest BCUT2D eigenvalue weighted by Gasteiger charge is 2.34. The van der Waals surface area contributed by atoms with Gasteiger partial charge in [-0.1, -0.05) is 20.3 Å². The van der Waals surface area contributed by atoms with Crippen LogP contribution in [0.25, 0.3) is 0 Å². The first-order valence-corrected chi connectivity index (χ1v) is 11.9. The molecule has 0 aliphatic heterocycles. The van der Waals surface area contributed by atoms with Gasteiger partial charge in [0.2, 0.25) is 23.6 Å². The van der Waals surface area contributed by atoms with Crippen LogP contribution in [-0.2, 0) is 38.3 Å². The number of ether oxygens (including phenoxy) is 1. The molecule has 0 aliphatic rings. The van der Waals surface area contributed by atoms with Gasteiger partial charge >= 0.3 is 11.9 Å². The fraction of sp³-hybridized carbons (Fsp3) is 0.696. The smallest absolute Gasteiger partial charge is 0.308 e. The van der Waals surface area contributed by atoms with Gasteiger partial charge in [0.15, 0.2) is 5.78 Å². The largest absolute Gasteiger partial charge is 0.481 e. The Balaban J connectivity index is 5.84. The number of esters is 1. The van der Waals surface area contributed by atoms with E-state index in [-0.39, 0.29) is 5.92 Å². The zero-order valence-electron chi connectivity index (χ0n) is 22.0. The average Bonchev–Trinajstić information content (AvgIpc) is 2.85. The molecule has 216 valence electrons. The minimum atomic E-state index is -1.74. The minimum absolute atomic E-state index is 0.349. The summed E-state index contributed by atoms with van der Waals surface area (Å²) in [5.41, 5.74) is 0. The Morgan fingerprint density at radius 2 is 1.42 bits per heavy atom. The predicted octanol–water partition coefficient (Wildman–Crippen LogP) is -1.66. The van der Waals surface area contributed by atoms with Gasteiger partial charge in [-0.15, -0.1) is 0 Å². The molecule has 0 aromatic carbocycles. The van der Waals surface area contributed by atoms with Gasteiger partial charge in [0, 0.05) is 13.3 Å². The molecular formula is C23H37FN4O10. The molecule has 6 N–H and O–H groups in total. The highest BCUT2D eigenvalue weighted by atomic mass is 19.1. The van der Waals surface area contributed by atoms with Crippen molar-refractivity contribution < 1.29 is 52.9 Å². The molecule has 14 nitrogen and oxygen atoms in total. The van der Waals surface area contributed by atoms with Gasteiger partial charge in [0.25, 0.3) is 0 Å².